The fourth-order valence-electron chi connectivity index (χ4n) is 4.37. The maximum atomic E-state index is 3.41. The molecule has 0 saturated carbocycles. The molecule has 2 aliphatic rings. The van der Waals surface area contributed by atoms with Gasteiger partial charge < -0.3 is 6.92 Å². The van der Waals surface area contributed by atoms with E-state index in [1.54, 1.807) is 6.92 Å². The van der Waals surface area contributed by atoms with Crippen LogP contribution in [-0.4, -0.2) is 6.88 Å². The monoisotopic (exact) mass is 577 g/mol. The second kappa shape index (κ2) is 14.8. The molecule has 0 amide bonds. The van der Waals surface area contributed by atoms with Gasteiger partial charge in [-0.05, 0) is 10.8 Å². The number of hydrogen-bond acceptors (Lipinski definition) is 0. The predicted octanol–water partition coefficient (Wildman–Crippen LogP) is 8.29. The first-order chi connectivity index (χ1) is 15.7. The zero-order valence-electron chi connectivity index (χ0n) is 19.9. The van der Waals surface area contributed by atoms with Crippen molar-refractivity contribution in [1.29, 1.82) is 0 Å². The summed E-state index contributed by atoms with van der Waals surface area (Å²) in [7, 11) is 0. The fourth-order valence-corrected chi connectivity index (χ4v) is 4.37. The van der Waals surface area contributed by atoms with Crippen molar-refractivity contribution in [3.63, 3.8) is 0 Å². The van der Waals surface area contributed by atoms with Crippen LogP contribution in [0, 0.1) is 19.1 Å². The minimum atomic E-state index is 0. The molecule has 2 radical (unpaired) electrons. The first-order valence-corrected chi connectivity index (χ1v) is 15.0. The average Bonchev–Trinajstić information content (AvgIpc) is 3.43. The molecule has 0 aromatic heterocycles. The molecule has 0 aliphatic heterocycles. The summed E-state index contributed by atoms with van der Waals surface area (Å²) in [5.41, 5.74) is 8.14. The van der Waals surface area contributed by atoms with Crippen LogP contribution in [0.2, 0.25) is 0 Å². The quantitative estimate of drug-likeness (QED) is 0.145. The molecular weight excluding hydrogens is 551 g/mol. The summed E-state index contributed by atoms with van der Waals surface area (Å²) in [5, 5.41) is 5.44. The van der Waals surface area contributed by atoms with Gasteiger partial charge in [0.05, 0.1) is 0 Å². The molecule has 0 unspecified atom stereocenters. The number of benzene rings is 4. The summed E-state index contributed by atoms with van der Waals surface area (Å²) in [6.07, 6.45) is 8.94. The molecule has 34 heavy (non-hydrogen) atoms. The van der Waals surface area contributed by atoms with Crippen molar-refractivity contribution in [2.45, 2.75) is 33.6 Å². The van der Waals surface area contributed by atoms with Crippen molar-refractivity contribution in [2.75, 3.05) is 0 Å². The van der Waals surface area contributed by atoms with Crippen LogP contribution < -0.4 is 0 Å². The van der Waals surface area contributed by atoms with Crippen LogP contribution in [0.25, 0.3) is 21.5 Å². The standard InChI is InChI=1S/2C14H11.C2H5.2ClH.Si.Zr/c2*1-10-8-12-7-6-11-4-2-3-5-13(11)14(12)9-10;1-2;;;;/h2*2-7H,9H2,1H3;1H2,2H3;2*1H;;/q3*-1;;;;. The number of hydrogen-bond donors (Lipinski definition) is 0. The number of allylic oxidation sites excluding steroid dienone is 2. The summed E-state index contributed by atoms with van der Waals surface area (Å²) in [6, 6.07) is 25.9. The van der Waals surface area contributed by atoms with E-state index in [2.05, 4.69) is 113 Å². The van der Waals surface area contributed by atoms with Crippen molar-refractivity contribution < 1.29 is 23.3 Å². The fraction of sp³-hybridized carbons (Fsp3) is 0.167. The molecule has 174 valence electrons. The summed E-state index contributed by atoms with van der Waals surface area (Å²) in [6.45, 7) is 12.4. The maximum absolute atomic E-state index is 3.41. The van der Waals surface area contributed by atoms with E-state index in [0.717, 1.165) is 12.8 Å². The zero-order chi connectivity index (χ0) is 23.1. The van der Waals surface area contributed by atoms with Crippen molar-refractivity contribution in [3.8, 4) is 0 Å². The Balaban J connectivity index is 0.000000283. The van der Waals surface area contributed by atoms with Crippen molar-refractivity contribution in [3.05, 3.63) is 125 Å². The zero-order valence-corrected chi connectivity index (χ0v) is 25.0. The third-order valence-corrected chi connectivity index (χ3v) is 5.66. The van der Waals surface area contributed by atoms with Crippen LogP contribution in [0.5, 0.6) is 0 Å². The molecule has 0 fully saturated rings. The van der Waals surface area contributed by atoms with Gasteiger partial charge in [0.25, 0.3) is 0 Å². The van der Waals surface area contributed by atoms with E-state index >= 15 is 0 Å². The molecule has 0 nitrogen and oxygen atoms in total. The van der Waals surface area contributed by atoms with E-state index in [9.17, 15) is 0 Å². The summed E-state index contributed by atoms with van der Waals surface area (Å²) < 4.78 is 0. The summed E-state index contributed by atoms with van der Waals surface area (Å²) in [4.78, 5) is 0. The Bertz CT molecular complexity index is 1210. The SMILES string of the molecule is CC1=[C-]c2ccc3ccccc3c2C1.CC1=[C-]c2ccc3ccccc3c2C1.Cl.Cl.[CH2-]C.[Si]=[Zr]. The van der Waals surface area contributed by atoms with E-state index in [0.29, 0.717) is 0 Å². The molecule has 0 spiro atoms. The second-order valence-electron chi connectivity index (χ2n) is 7.79. The normalized spacial score (nSPS) is 12.0. The van der Waals surface area contributed by atoms with E-state index in [-0.39, 0.29) is 24.8 Å². The minimum absolute atomic E-state index is 0. The molecule has 2 aliphatic carbocycles. The molecule has 6 rings (SSSR count). The first kappa shape index (κ1) is 30.6. The van der Waals surface area contributed by atoms with Gasteiger partial charge >= 0.3 is 30.2 Å². The number of fused-ring (bicyclic) bond motifs is 6. The molecule has 0 saturated heterocycles. The molecule has 4 heteroatoms. The van der Waals surface area contributed by atoms with Crippen LogP contribution in [-0.2, 0) is 36.2 Å². The van der Waals surface area contributed by atoms with Crippen LogP contribution in [0.15, 0.2) is 83.9 Å². The Hall–Kier alpha value is -1.44. The van der Waals surface area contributed by atoms with Gasteiger partial charge in [0.1, 0.15) is 0 Å². The average molecular weight is 580 g/mol. The van der Waals surface area contributed by atoms with Gasteiger partial charge in [-0.1, -0.05) is 86.0 Å². The van der Waals surface area contributed by atoms with Crippen molar-refractivity contribution in [1.82, 2.24) is 0 Å². The van der Waals surface area contributed by atoms with Crippen LogP contribution in [0.1, 0.15) is 43.0 Å². The Labute approximate surface area is 233 Å². The van der Waals surface area contributed by atoms with Crippen molar-refractivity contribution in [2.24, 2.45) is 0 Å². The van der Waals surface area contributed by atoms with Crippen LogP contribution in [0.3, 0.4) is 0 Å². The second-order valence-corrected chi connectivity index (χ2v) is 7.79. The molecule has 0 heterocycles. The third kappa shape index (κ3) is 6.82. The number of rotatable bonds is 0. The molecule has 4 aromatic carbocycles. The Morgan fingerprint density at radius 3 is 1.35 bits per heavy atom. The Morgan fingerprint density at radius 1 is 0.618 bits per heavy atom. The predicted molar refractivity (Wildman–Crippen MR) is 150 cm³/mol. The third-order valence-electron chi connectivity index (χ3n) is 5.66. The van der Waals surface area contributed by atoms with E-state index in [4.69, 9.17) is 0 Å². The van der Waals surface area contributed by atoms with E-state index in [1.807, 2.05) is 0 Å². The van der Waals surface area contributed by atoms with Crippen LogP contribution in [0.4, 0.5) is 0 Å². The van der Waals surface area contributed by atoms with Gasteiger partial charge in [0.2, 0.25) is 0 Å². The van der Waals surface area contributed by atoms with E-state index < -0.39 is 0 Å². The topological polar surface area (TPSA) is 0 Å². The molecular formula is C30H29Cl2SiZr-3. The molecule has 0 N–H and O–H groups in total. The first-order valence-electron chi connectivity index (χ1n) is 10.8. The van der Waals surface area contributed by atoms with E-state index in [1.165, 1.54) is 78.3 Å². The van der Waals surface area contributed by atoms with Crippen LogP contribution >= 0.6 is 24.8 Å². The molecule has 0 atom stereocenters. The van der Waals surface area contributed by atoms with Gasteiger partial charge in [-0.25, -0.2) is 0 Å². The summed E-state index contributed by atoms with van der Waals surface area (Å²) in [5.74, 6) is 0. The molecule has 4 aromatic rings. The Kier molecular flexibility index (Phi) is 13.4. The summed E-state index contributed by atoms with van der Waals surface area (Å²) >= 11 is 1.36. The van der Waals surface area contributed by atoms with Gasteiger partial charge in [0.15, 0.2) is 0 Å². The van der Waals surface area contributed by atoms with Gasteiger partial charge in [-0.3, -0.25) is 0 Å². The number of halogens is 2. The van der Waals surface area contributed by atoms with Gasteiger partial charge in [0, 0.05) is 0 Å². The van der Waals surface area contributed by atoms with Gasteiger partial charge in [-0.2, -0.15) is 42.3 Å². The Morgan fingerprint density at radius 2 is 0.971 bits per heavy atom. The van der Waals surface area contributed by atoms with Crippen molar-refractivity contribution >= 4 is 53.2 Å². The molecule has 0 bridgehead atoms. The van der Waals surface area contributed by atoms with Gasteiger partial charge in [-0.15, -0.1) is 59.2 Å².